The Labute approximate surface area is 199 Å². The van der Waals surface area contributed by atoms with E-state index in [1.807, 2.05) is 0 Å². The molecule has 1 amide bonds. The van der Waals surface area contributed by atoms with E-state index in [4.69, 9.17) is 17.3 Å². The minimum absolute atomic E-state index is 0.108. The molecule has 0 spiro atoms. The molecule has 2 aliphatic rings. The van der Waals surface area contributed by atoms with Gasteiger partial charge in [0.25, 0.3) is 0 Å². The van der Waals surface area contributed by atoms with Gasteiger partial charge in [0.15, 0.2) is 5.17 Å². The van der Waals surface area contributed by atoms with E-state index in [0.29, 0.717) is 30.0 Å². The molecule has 1 saturated carbocycles. The number of carbonyl (C=O) groups excluding carboxylic acids is 1. The Hall–Kier alpha value is -2.49. The van der Waals surface area contributed by atoms with Gasteiger partial charge in [-0.2, -0.15) is 0 Å². The normalized spacial score (nSPS) is 25.1. The highest BCUT2D eigenvalue weighted by atomic mass is 35.5. The number of hydrogen-bond donors (Lipinski definition) is 3. The minimum Gasteiger partial charge on any atom is -0.393 e. The van der Waals surface area contributed by atoms with Crippen LogP contribution in [0.4, 0.5) is 8.78 Å². The number of thioether (sulfide) groups is 1. The van der Waals surface area contributed by atoms with Crippen molar-refractivity contribution < 1.29 is 18.7 Å². The van der Waals surface area contributed by atoms with Gasteiger partial charge in [-0.1, -0.05) is 29.4 Å². The zero-order chi connectivity index (χ0) is 23.8. The van der Waals surface area contributed by atoms with Crippen LogP contribution in [-0.2, 0) is 4.79 Å². The van der Waals surface area contributed by atoms with Gasteiger partial charge in [-0.25, -0.2) is 8.78 Å². The number of amides is 1. The second-order valence-electron chi connectivity index (χ2n) is 8.24. The molecule has 1 aliphatic heterocycles. The van der Waals surface area contributed by atoms with Crippen LogP contribution in [0.5, 0.6) is 0 Å². The minimum atomic E-state index is -0.814. The zero-order valence-electron chi connectivity index (χ0n) is 17.8. The number of rotatable bonds is 7. The van der Waals surface area contributed by atoms with Crippen LogP contribution in [0.2, 0.25) is 5.02 Å². The molecule has 6 nitrogen and oxygen atoms in total. The third kappa shape index (κ3) is 5.05. The van der Waals surface area contributed by atoms with Crippen LogP contribution in [0, 0.1) is 11.7 Å². The smallest absolute Gasteiger partial charge is 0.237 e. The molecule has 2 aromatic rings. The van der Waals surface area contributed by atoms with Gasteiger partial charge < -0.3 is 16.2 Å². The molecule has 4 N–H and O–H groups in total. The van der Waals surface area contributed by atoms with E-state index in [1.165, 1.54) is 54.4 Å². The summed E-state index contributed by atoms with van der Waals surface area (Å²) in [5.74, 6) is -1.53. The van der Waals surface area contributed by atoms with Gasteiger partial charge in [0.1, 0.15) is 16.4 Å². The van der Waals surface area contributed by atoms with Crippen molar-refractivity contribution in [2.45, 2.75) is 36.7 Å². The Morgan fingerprint density at radius 2 is 2.24 bits per heavy atom. The molecular weight excluding hydrogens is 470 g/mol. The van der Waals surface area contributed by atoms with E-state index in [0.717, 1.165) is 0 Å². The number of hydrogen-bond acceptors (Lipinski definition) is 6. The summed E-state index contributed by atoms with van der Waals surface area (Å²) in [6, 6.07) is 6.57. The number of pyridine rings is 1. The van der Waals surface area contributed by atoms with Crippen molar-refractivity contribution in [2.75, 3.05) is 6.54 Å². The van der Waals surface area contributed by atoms with E-state index in [2.05, 4.69) is 15.3 Å². The average Bonchev–Trinajstić information content (AvgIpc) is 3.50. The number of nitrogens with zero attached hydrogens (tertiary/aromatic N) is 2. The number of aliphatic hydroxyl groups is 1. The second-order valence-corrected chi connectivity index (χ2v) is 10.0. The second kappa shape index (κ2) is 9.40. The quantitative estimate of drug-likeness (QED) is 0.540. The summed E-state index contributed by atoms with van der Waals surface area (Å²) in [6.07, 6.45) is 3.00. The number of aromatic nitrogens is 1. The number of amidine groups is 1. The van der Waals surface area contributed by atoms with Crippen LogP contribution in [0.1, 0.15) is 42.6 Å². The van der Waals surface area contributed by atoms with E-state index in [1.54, 1.807) is 6.92 Å². The van der Waals surface area contributed by atoms with Crippen LogP contribution in [-0.4, -0.2) is 38.6 Å². The standard InChI is InChI=1S/C23H23ClF2N4O2S/c1-12(31)6-7-28-21(32)23-10-16(23)20(30-22(27)33-23)15-8-13(2-4-17(15)25)9-18(26)19-5-3-14(24)11-29-19/h2-5,8-9,11-12,16,20,31H,6-7,10H2,1H3,(H2,27,30)(H,28,32)/b18-9-/t12?,16?,20?,23-/m0/s1. The molecular formula is C23H23ClF2N4O2S. The van der Waals surface area contributed by atoms with Gasteiger partial charge in [0.2, 0.25) is 5.91 Å². The Kier molecular flexibility index (Phi) is 6.74. The van der Waals surface area contributed by atoms with Crippen LogP contribution in [0.15, 0.2) is 41.5 Å². The fraction of sp³-hybridized carbons (Fsp3) is 0.348. The van der Waals surface area contributed by atoms with Crippen LogP contribution < -0.4 is 11.1 Å². The van der Waals surface area contributed by atoms with Crippen molar-refractivity contribution in [3.8, 4) is 0 Å². The van der Waals surface area contributed by atoms with Crippen molar-refractivity contribution in [3.63, 3.8) is 0 Å². The van der Waals surface area contributed by atoms with Crippen molar-refractivity contribution in [2.24, 2.45) is 16.6 Å². The molecule has 4 rings (SSSR count). The first-order chi connectivity index (χ1) is 15.7. The molecule has 2 heterocycles. The molecule has 1 aliphatic carbocycles. The molecule has 4 atom stereocenters. The first kappa shape index (κ1) is 23.7. The summed E-state index contributed by atoms with van der Waals surface area (Å²) in [5, 5.41) is 12.8. The van der Waals surface area contributed by atoms with Gasteiger partial charge in [-0.3, -0.25) is 14.8 Å². The lowest BCUT2D eigenvalue weighted by Crippen LogP contribution is -2.40. The molecule has 0 saturated heterocycles. The van der Waals surface area contributed by atoms with E-state index in [9.17, 15) is 18.7 Å². The zero-order valence-corrected chi connectivity index (χ0v) is 19.3. The maximum atomic E-state index is 14.8. The number of carbonyl (C=O) groups is 1. The average molecular weight is 493 g/mol. The van der Waals surface area contributed by atoms with Gasteiger partial charge in [-0.15, -0.1) is 0 Å². The lowest BCUT2D eigenvalue weighted by Gasteiger charge is -2.25. The number of benzene rings is 1. The molecule has 174 valence electrons. The molecule has 1 fully saturated rings. The molecule has 33 heavy (non-hydrogen) atoms. The van der Waals surface area contributed by atoms with E-state index < -0.39 is 28.5 Å². The number of nitrogens with two attached hydrogens (primary N) is 1. The van der Waals surface area contributed by atoms with Gasteiger partial charge in [0, 0.05) is 24.2 Å². The highest BCUT2D eigenvalue weighted by Crippen LogP contribution is 2.63. The predicted octanol–water partition coefficient (Wildman–Crippen LogP) is 4.09. The topological polar surface area (TPSA) is 101 Å². The fourth-order valence-corrected chi connectivity index (χ4v) is 5.31. The van der Waals surface area contributed by atoms with Gasteiger partial charge in [-0.05, 0) is 55.7 Å². The van der Waals surface area contributed by atoms with Crippen molar-refractivity contribution in [1.29, 1.82) is 0 Å². The Morgan fingerprint density at radius 1 is 1.45 bits per heavy atom. The van der Waals surface area contributed by atoms with Crippen molar-refractivity contribution in [3.05, 3.63) is 64.2 Å². The van der Waals surface area contributed by atoms with Crippen LogP contribution in [0.3, 0.4) is 0 Å². The molecule has 1 aromatic heterocycles. The Bertz CT molecular complexity index is 1130. The number of aliphatic hydroxyl groups excluding tert-OH is 1. The third-order valence-corrected chi connectivity index (χ3v) is 7.29. The molecule has 3 unspecified atom stereocenters. The number of nitrogens with one attached hydrogen (secondary N) is 1. The summed E-state index contributed by atoms with van der Waals surface area (Å²) in [4.78, 5) is 21.2. The van der Waals surface area contributed by atoms with Gasteiger partial charge in [0.05, 0.1) is 22.9 Å². The fourth-order valence-electron chi connectivity index (χ4n) is 3.95. The summed E-state index contributed by atoms with van der Waals surface area (Å²) >= 11 is 6.98. The maximum absolute atomic E-state index is 14.8. The largest absolute Gasteiger partial charge is 0.393 e. The monoisotopic (exact) mass is 492 g/mol. The van der Waals surface area contributed by atoms with Crippen LogP contribution in [0.25, 0.3) is 11.9 Å². The van der Waals surface area contributed by atoms with Gasteiger partial charge >= 0.3 is 0 Å². The molecule has 1 aromatic carbocycles. The predicted molar refractivity (Wildman–Crippen MR) is 127 cm³/mol. The summed E-state index contributed by atoms with van der Waals surface area (Å²) in [6.45, 7) is 1.98. The highest BCUT2D eigenvalue weighted by Gasteiger charge is 2.66. The Balaban J connectivity index is 1.57. The molecule has 0 radical (unpaired) electrons. The maximum Gasteiger partial charge on any atom is 0.237 e. The van der Waals surface area contributed by atoms with Crippen molar-refractivity contribution >= 4 is 46.3 Å². The lowest BCUT2D eigenvalue weighted by atomic mass is 9.98. The summed E-state index contributed by atoms with van der Waals surface area (Å²) < 4.78 is 28.7. The third-order valence-electron chi connectivity index (χ3n) is 5.73. The molecule has 0 bridgehead atoms. The summed E-state index contributed by atoms with van der Waals surface area (Å²) in [5.41, 5.74) is 6.81. The lowest BCUT2D eigenvalue weighted by molar-refractivity contribution is -0.121. The van der Waals surface area contributed by atoms with E-state index in [-0.39, 0.29) is 28.3 Å². The van der Waals surface area contributed by atoms with Crippen molar-refractivity contribution in [1.82, 2.24) is 10.3 Å². The van der Waals surface area contributed by atoms with Crippen LogP contribution >= 0.6 is 23.4 Å². The number of halogens is 3. The SMILES string of the molecule is CC(O)CCNC(=O)[C@]12CC1C(c1cc(/C=C(\F)c3ccc(Cl)cn3)ccc1F)N=C(N)S2. The number of aliphatic imine (C=N–C) groups is 1. The first-order valence-electron chi connectivity index (χ1n) is 10.5. The molecule has 10 heteroatoms. The highest BCUT2D eigenvalue weighted by molar-refractivity contribution is 8.15. The Morgan fingerprint density at radius 3 is 2.94 bits per heavy atom. The number of fused-ring (bicyclic) bond motifs is 1. The summed E-state index contributed by atoms with van der Waals surface area (Å²) in [7, 11) is 0. The first-order valence-corrected chi connectivity index (χ1v) is 11.7. The van der Waals surface area contributed by atoms with E-state index >= 15 is 0 Å².